The maximum Gasteiger partial charge on any atom is 0.328 e. The van der Waals surface area contributed by atoms with Crippen LogP contribution in [0.3, 0.4) is 0 Å². The second-order valence-corrected chi connectivity index (χ2v) is 3.49. The molecule has 0 radical (unpaired) electrons. The van der Waals surface area contributed by atoms with Gasteiger partial charge < -0.3 is 5.11 Å². The molecule has 0 spiro atoms. The van der Waals surface area contributed by atoms with Crippen molar-refractivity contribution in [2.75, 3.05) is 0 Å². The van der Waals surface area contributed by atoms with Crippen LogP contribution in [0, 0.1) is 0 Å². The highest BCUT2D eigenvalue weighted by molar-refractivity contribution is 5.87. The van der Waals surface area contributed by atoms with Crippen LogP contribution in [0.15, 0.2) is 36.8 Å². The van der Waals surface area contributed by atoms with Gasteiger partial charge in [-0.05, 0) is 18.2 Å². The Morgan fingerprint density at radius 3 is 2.94 bits per heavy atom. The first-order valence-electron chi connectivity index (χ1n) is 5.02. The van der Waals surface area contributed by atoms with Crippen LogP contribution in [0.2, 0.25) is 0 Å². The van der Waals surface area contributed by atoms with Gasteiger partial charge in [-0.3, -0.25) is 9.67 Å². The van der Waals surface area contributed by atoms with Crippen molar-refractivity contribution in [2.24, 2.45) is 7.05 Å². The lowest BCUT2D eigenvalue weighted by Crippen LogP contribution is -1.94. The first-order chi connectivity index (χ1) is 8.18. The molecule has 5 heteroatoms. The van der Waals surface area contributed by atoms with Crippen LogP contribution in [0.1, 0.15) is 5.56 Å². The van der Waals surface area contributed by atoms with Gasteiger partial charge in [-0.15, -0.1) is 0 Å². The summed E-state index contributed by atoms with van der Waals surface area (Å²) in [6.45, 7) is 0. The predicted molar refractivity (Wildman–Crippen MR) is 63.1 cm³/mol. The van der Waals surface area contributed by atoms with E-state index < -0.39 is 5.97 Å². The molecule has 86 valence electrons. The van der Waals surface area contributed by atoms with E-state index in [9.17, 15) is 4.79 Å². The fraction of sp³-hybridized carbons (Fsp3) is 0.0833. The van der Waals surface area contributed by atoms with E-state index in [2.05, 4.69) is 10.1 Å². The van der Waals surface area contributed by atoms with E-state index in [0.717, 1.165) is 22.9 Å². The van der Waals surface area contributed by atoms with Crippen LogP contribution in [0.4, 0.5) is 0 Å². The van der Waals surface area contributed by atoms with Crippen LogP contribution >= 0.6 is 0 Å². The number of aliphatic carboxylic acids is 1. The Labute approximate surface area is 98.0 Å². The van der Waals surface area contributed by atoms with Crippen LogP contribution in [0.25, 0.3) is 17.3 Å². The van der Waals surface area contributed by atoms with Crippen LogP contribution in [-0.2, 0) is 11.8 Å². The molecule has 0 aliphatic heterocycles. The summed E-state index contributed by atoms with van der Waals surface area (Å²) in [5.41, 5.74) is 2.50. The van der Waals surface area contributed by atoms with Crippen LogP contribution in [-0.4, -0.2) is 25.8 Å². The number of hydrogen-bond acceptors (Lipinski definition) is 3. The Kier molecular flexibility index (Phi) is 3.00. The maximum absolute atomic E-state index is 10.5. The molecule has 0 aromatic carbocycles. The van der Waals surface area contributed by atoms with Gasteiger partial charge in [-0.2, -0.15) is 5.10 Å². The van der Waals surface area contributed by atoms with Gasteiger partial charge in [0.2, 0.25) is 0 Å². The third kappa shape index (κ3) is 2.39. The number of carbonyl (C=O) groups is 1. The standard InChI is InChI=1S/C12H11N3O2/c1-15-12(9-3-2-6-13-7-9)10(8-14-15)4-5-11(16)17/h2-8H,1H3,(H,16,17)/b5-4+. The quantitative estimate of drug-likeness (QED) is 0.811. The Hall–Kier alpha value is -2.43. The summed E-state index contributed by atoms with van der Waals surface area (Å²) in [5.74, 6) is -0.981. The second-order valence-electron chi connectivity index (χ2n) is 3.49. The van der Waals surface area contributed by atoms with E-state index in [0.29, 0.717) is 0 Å². The van der Waals surface area contributed by atoms with Crippen molar-refractivity contribution in [3.63, 3.8) is 0 Å². The van der Waals surface area contributed by atoms with Crippen molar-refractivity contribution in [3.8, 4) is 11.3 Å². The molecule has 0 saturated carbocycles. The minimum Gasteiger partial charge on any atom is -0.478 e. The number of rotatable bonds is 3. The van der Waals surface area contributed by atoms with Gasteiger partial charge in [0.15, 0.2) is 0 Å². The third-order valence-electron chi connectivity index (χ3n) is 2.31. The van der Waals surface area contributed by atoms with Crippen molar-refractivity contribution in [1.82, 2.24) is 14.8 Å². The van der Waals surface area contributed by atoms with Gasteiger partial charge >= 0.3 is 5.97 Å². The molecular formula is C12H11N3O2. The molecule has 0 atom stereocenters. The molecule has 2 aromatic rings. The number of carboxylic acid groups (broad SMARTS) is 1. The summed E-state index contributed by atoms with van der Waals surface area (Å²) in [5, 5.41) is 12.7. The van der Waals surface area contributed by atoms with Gasteiger partial charge in [0.05, 0.1) is 11.9 Å². The average Bonchev–Trinajstić information content (AvgIpc) is 2.69. The molecule has 0 saturated heterocycles. The molecule has 2 heterocycles. The summed E-state index contributed by atoms with van der Waals surface area (Å²) in [4.78, 5) is 14.5. The number of aromatic nitrogens is 3. The second kappa shape index (κ2) is 4.61. The van der Waals surface area contributed by atoms with Crippen LogP contribution < -0.4 is 0 Å². The average molecular weight is 229 g/mol. The van der Waals surface area contributed by atoms with E-state index >= 15 is 0 Å². The lowest BCUT2D eigenvalue weighted by Gasteiger charge is -2.02. The highest BCUT2D eigenvalue weighted by Gasteiger charge is 2.08. The number of aryl methyl sites for hydroxylation is 1. The molecule has 17 heavy (non-hydrogen) atoms. The van der Waals surface area contributed by atoms with E-state index in [1.807, 2.05) is 12.1 Å². The Bertz CT molecular complexity index is 558. The molecular weight excluding hydrogens is 218 g/mol. The van der Waals surface area contributed by atoms with E-state index in [-0.39, 0.29) is 0 Å². The molecule has 0 aliphatic carbocycles. The van der Waals surface area contributed by atoms with Crippen molar-refractivity contribution in [3.05, 3.63) is 42.4 Å². The summed E-state index contributed by atoms with van der Waals surface area (Å²) in [6.07, 6.45) is 7.65. The summed E-state index contributed by atoms with van der Waals surface area (Å²) < 4.78 is 1.69. The van der Waals surface area contributed by atoms with E-state index in [1.54, 1.807) is 30.3 Å². The van der Waals surface area contributed by atoms with Gasteiger partial charge in [-0.1, -0.05) is 0 Å². The predicted octanol–water partition coefficient (Wildman–Crippen LogP) is 1.58. The number of carboxylic acids is 1. The monoisotopic (exact) mass is 229 g/mol. The maximum atomic E-state index is 10.5. The molecule has 2 aromatic heterocycles. The first kappa shape index (κ1) is 11.1. The zero-order chi connectivity index (χ0) is 12.3. The summed E-state index contributed by atoms with van der Waals surface area (Å²) in [7, 11) is 1.81. The van der Waals surface area contributed by atoms with Gasteiger partial charge in [0, 0.05) is 36.6 Å². The van der Waals surface area contributed by atoms with Crippen molar-refractivity contribution in [2.45, 2.75) is 0 Å². The zero-order valence-corrected chi connectivity index (χ0v) is 9.24. The highest BCUT2D eigenvalue weighted by atomic mass is 16.4. The molecule has 2 rings (SSSR count). The first-order valence-corrected chi connectivity index (χ1v) is 5.02. The Morgan fingerprint density at radius 1 is 1.47 bits per heavy atom. The molecule has 1 N–H and O–H groups in total. The van der Waals surface area contributed by atoms with Crippen molar-refractivity contribution < 1.29 is 9.90 Å². The van der Waals surface area contributed by atoms with Gasteiger partial charge in [-0.25, -0.2) is 4.79 Å². The fourth-order valence-corrected chi connectivity index (χ4v) is 1.59. The molecule has 0 amide bonds. The largest absolute Gasteiger partial charge is 0.478 e. The molecule has 5 nitrogen and oxygen atoms in total. The SMILES string of the molecule is Cn1ncc(/C=C/C(=O)O)c1-c1cccnc1. The lowest BCUT2D eigenvalue weighted by molar-refractivity contribution is -0.131. The normalized spacial score (nSPS) is 10.9. The van der Waals surface area contributed by atoms with E-state index in [1.165, 1.54) is 6.08 Å². The Balaban J connectivity index is 2.47. The molecule has 0 aliphatic rings. The molecule has 0 fully saturated rings. The zero-order valence-electron chi connectivity index (χ0n) is 9.24. The van der Waals surface area contributed by atoms with Gasteiger partial charge in [0.1, 0.15) is 0 Å². The Morgan fingerprint density at radius 2 is 2.29 bits per heavy atom. The minimum atomic E-state index is -0.981. The van der Waals surface area contributed by atoms with Crippen molar-refractivity contribution in [1.29, 1.82) is 0 Å². The summed E-state index contributed by atoms with van der Waals surface area (Å²) in [6, 6.07) is 3.73. The molecule has 0 unspecified atom stereocenters. The highest BCUT2D eigenvalue weighted by Crippen LogP contribution is 2.22. The smallest absolute Gasteiger partial charge is 0.328 e. The lowest BCUT2D eigenvalue weighted by atomic mass is 10.1. The van der Waals surface area contributed by atoms with Crippen LogP contribution in [0.5, 0.6) is 0 Å². The number of pyridine rings is 1. The fourth-order valence-electron chi connectivity index (χ4n) is 1.59. The third-order valence-corrected chi connectivity index (χ3v) is 2.31. The minimum absolute atomic E-state index is 0.753. The van der Waals surface area contributed by atoms with Crippen molar-refractivity contribution >= 4 is 12.0 Å². The number of nitrogens with zero attached hydrogens (tertiary/aromatic N) is 3. The van der Waals surface area contributed by atoms with E-state index in [4.69, 9.17) is 5.11 Å². The molecule has 0 bridgehead atoms. The number of hydrogen-bond donors (Lipinski definition) is 1. The topological polar surface area (TPSA) is 68.0 Å². The summed E-state index contributed by atoms with van der Waals surface area (Å²) >= 11 is 0. The van der Waals surface area contributed by atoms with Gasteiger partial charge in [0.25, 0.3) is 0 Å².